The fraction of sp³-hybridized carbons (Fsp3) is 0.571. The number of nitrogens with zero attached hydrogens (tertiary/aromatic N) is 3. The Bertz CT molecular complexity index is 426. The highest BCUT2D eigenvalue weighted by atomic mass is 32.2. The molecule has 0 aliphatic carbocycles. The Kier molecular flexibility index (Phi) is 4.24. The van der Waals surface area contributed by atoms with Crippen molar-refractivity contribution in [3.8, 4) is 0 Å². The van der Waals surface area contributed by atoms with Gasteiger partial charge in [-0.2, -0.15) is 26.3 Å². The van der Waals surface area contributed by atoms with Crippen LogP contribution in [0, 0.1) is 0 Å². The van der Waals surface area contributed by atoms with Crippen molar-refractivity contribution in [1.82, 2.24) is 15.0 Å². The molecule has 0 N–H and O–H groups in total. The molecular weight excluding hydrogens is 288 g/mol. The van der Waals surface area contributed by atoms with Gasteiger partial charge in [-0.05, 0) is 11.8 Å². The van der Waals surface area contributed by atoms with E-state index in [1.165, 1.54) is 0 Å². The minimum absolute atomic E-state index is 0.303. The topological polar surface area (TPSA) is 47.8 Å². The molecule has 0 fully saturated rings. The van der Waals surface area contributed by atoms with E-state index in [2.05, 4.69) is 10.3 Å². The Hall–Kier alpha value is -1.26. The highest BCUT2D eigenvalue weighted by Gasteiger charge is 2.41. The average molecular weight is 293 g/mol. The second kappa shape index (κ2) is 5.16. The van der Waals surface area contributed by atoms with Crippen LogP contribution in [0.1, 0.15) is 10.5 Å². The Balaban J connectivity index is 2.57. The molecule has 0 bridgehead atoms. The number of Topliss-reactive ketones (excluding diaryl/α,β-unsaturated/α-hetero) is 1. The smallest absolute Gasteiger partial charge is 0.282 e. The molecule has 11 heteroatoms. The van der Waals surface area contributed by atoms with Gasteiger partial charge in [0.1, 0.15) is 0 Å². The number of carbonyl (C=O) groups excluding carboxylic acids is 1. The number of rotatable bonds is 4. The standard InChI is InChI=1S/C7H5F6N3OS/c8-6(9,10)5(17)4-3-16(15-14-4)1-2-18-7(11,12)13/h3H,1-2H2. The fourth-order valence-electron chi connectivity index (χ4n) is 0.912. The summed E-state index contributed by atoms with van der Waals surface area (Å²) in [5.41, 5.74) is -5.37. The van der Waals surface area contributed by atoms with Gasteiger partial charge >= 0.3 is 11.7 Å². The summed E-state index contributed by atoms with van der Waals surface area (Å²) < 4.78 is 72.0. The average Bonchev–Trinajstić information content (AvgIpc) is 2.61. The van der Waals surface area contributed by atoms with Gasteiger partial charge in [0.2, 0.25) is 0 Å². The summed E-state index contributed by atoms with van der Waals surface area (Å²) in [6.45, 7) is -0.303. The van der Waals surface area contributed by atoms with Crippen LogP contribution in [0.3, 0.4) is 0 Å². The van der Waals surface area contributed by atoms with Gasteiger partial charge in [-0.25, -0.2) is 0 Å². The van der Waals surface area contributed by atoms with Gasteiger partial charge in [0.25, 0.3) is 5.78 Å². The van der Waals surface area contributed by atoms with Gasteiger partial charge in [-0.15, -0.1) is 5.10 Å². The summed E-state index contributed by atoms with van der Waals surface area (Å²) in [5.74, 6) is -2.62. The van der Waals surface area contributed by atoms with Crippen LogP contribution in [0.15, 0.2) is 6.20 Å². The summed E-state index contributed by atoms with van der Waals surface area (Å²) in [7, 11) is 0. The molecule has 0 aromatic carbocycles. The molecule has 0 atom stereocenters. The van der Waals surface area contributed by atoms with E-state index in [0.29, 0.717) is 6.20 Å². The van der Waals surface area contributed by atoms with Gasteiger partial charge in [-0.1, -0.05) is 5.21 Å². The Morgan fingerprint density at radius 3 is 2.39 bits per heavy atom. The third-order valence-corrected chi connectivity index (χ3v) is 2.33. The second-order valence-corrected chi connectivity index (χ2v) is 4.15. The van der Waals surface area contributed by atoms with Crippen LogP contribution in [0.4, 0.5) is 26.3 Å². The number of carbonyl (C=O) groups is 1. The minimum atomic E-state index is -5.08. The second-order valence-electron chi connectivity index (χ2n) is 2.99. The van der Waals surface area contributed by atoms with Crippen LogP contribution in [-0.4, -0.2) is 38.2 Å². The minimum Gasteiger partial charge on any atom is -0.282 e. The lowest BCUT2D eigenvalue weighted by molar-refractivity contribution is -0.0888. The van der Waals surface area contributed by atoms with Crippen LogP contribution < -0.4 is 0 Å². The number of hydrogen-bond donors (Lipinski definition) is 0. The first-order valence-corrected chi connectivity index (χ1v) is 5.30. The predicted molar refractivity (Wildman–Crippen MR) is 48.9 cm³/mol. The summed E-state index contributed by atoms with van der Waals surface area (Å²) in [4.78, 5) is 10.7. The largest absolute Gasteiger partial charge is 0.456 e. The van der Waals surface area contributed by atoms with Crippen LogP contribution in [0.25, 0.3) is 0 Å². The van der Waals surface area contributed by atoms with E-state index in [4.69, 9.17) is 0 Å². The molecular formula is C7H5F6N3OS. The van der Waals surface area contributed by atoms with Crippen LogP contribution in [0.5, 0.6) is 0 Å². The maximum Gasteiger partial charge on any atom is 0.456 e. The molecule has 0 amide bonds. The van der Waals surface area contributed by atoms with E-state index >= 15 is 0 Å². The van der Waals surface area contributed by atoms with Gasteiger partial charge in [-0.3, -0.25) is 9.48 Å². The predicted octanol–water partition coefficient (Wildman–Crippen LogP) is 2.28. The van der Waals surface area contributed by atoms with E-state index in [9.17, 15) is 31.1 Å². The lowest BCUT2D eigenvalue weighted by atomic mass is 10.3. The van der Waals surface area contributed by atoms with E-state index < -0.39 is 28.9 Å². The van der Waals surface area contributed by atoms with Gasteiger partial charge in [0.15, 0.2) is 5.69 Å². The van der Waals surface area contributed by atoms with E-state index in [0.717, 1.165) is 4.68 Å². The monoisotopic (exact) mass is 293 g/mol. The molecule has 1 aromatic heterocycles. The Morgan fingerprint density at radius 2 is 1.89 bits per heavy atom. The zero-order chi connectivity index (χ0) is 14.0. The maximum atomic E-state index is 12.0. The van der Waals surface area contributed by atoms with Crippen LogP contribution in [-0.2, 0) is 6.54 Å². The summed E-state index contributed by atoms with van der Waals surface area (Å²) in [6, 6.07) is 0. The molecule has 18 heavy (non-hydrogen) atoms. The first-order valence-electron chi connectivity index (χ1n) is 4.32. The molecule has 1 heterocycles. The molecule has 4 nitrogen and oxygen atoms in total. The van der Waals surface area contributed by atoms with Gasteiger partial charge in [0.05, 0.1) is 12.7 Å². The lowest BCUT2D eigenvalue weighted by Gasteiger charge is -2.04. The van der Waals surface area contributed by atoms with Crippen molar-refractivity contribution in [1.29, 1.82) is 0 Å². The van der Waals surface area contributed by atoms with Crippen molar-refractivity contribution in [3.63, 3.8) is 0 Å². The van der Waals surface area contributed by atoms with E-state index in [-0.39, 0.29) is 18.3 Å². The van der Waals surface area contributed by atoms with Crippen LogP contribution in [0.2, 0.25) is 0 Å². The Morgan fingerprint density at radius 1 is 1.28 bits per heavy atom. The highest BCUT2D eigenvalue weighted by molar-refractivity contribution is 8.00. The van der Waals surface area contributed by atoms with Crippen molar-refractivity contribution in [2.45, 2.75) is 18.2 Å². The number of ketones is 1. The Labute approximate surface area is 100 Å². The normalized spacial score (nSPS) is 12.8. The number of alkyl halides is 6. The molecule has 102 valence electrons. The molecule has 0 aliphatic rings. The fourth-order valence-corrected chi connectivity index (χ4v) is 1.42. The maximum absolute atomic E-state index is 12.0. The number of aromatic nitrogens is 3. The van der Waals surface area contributed by atoms with Gasteiger partial charge < -0.3 is 0 Å². The molecule has 0 spiro atoms. The highest BCUT2D eigenvalue weighted by Crippen LogP contribution is 2.29. The third-order valence-electron chi connectivity index (χ3n) is 1.61. The molecule has 0 unspecified atom stereocenters. The number of hydrogen-bond acceptors (Lipinski definition) is 4. The van der Waals surface area contributed by atoms with Crippen molar-refractivity contribution in [2.75, 3.05) is 5.75 Å². The summed E-state index contributed by atoms with van der Waals surface area (Å²) in [5, 5.41) is 6.09. The zero-order valence-electron chi connectivity index (χ0n) is 8.42. The SMILES string of the molecule is O=C(c1cn(CCSC(F)(F)F)nn1)C(F)(F)F. The lowest BCUT2D eigenvalue weighted by Crippen LogP contribution is -2.23. The molecule has 1 aromatic rings. The first-order chi connectivity index (χ1) is 8.09. The van der Waals surface area contributed by atoms with E-state index in [1.54, 1.807) is 0 Å². The molecule has 0 saturated carbocycles. The summed E-state index contributed by atoms with van der Waals surface area (Å²) in [6.07, 6.45) is -4.42. The third kappa shape index (κ3) is 4.55. The van der Waals surface area contributed by atoms with Gasteiger partial charge in [0, 0.05) is 5.75 Å². The van der Waals surface area contributed by atoms with Crippen molar-refractivity contribution in [3.05, 3.63) is 11.9 Å². The number of thioether (sulfide) groups is 1. The first kappa shape index (κ1) is 14.8. The van der Waals surface area contributed by atoms with Crippen molar-refractivity contribution < 1.29 is 31.1 Å². The quantitative estimate of drug-likeness (QED) is 0.631. The number of aryl methyl sites for hydroxylation is 1. The zero-order valence-corrected chi connectivity index (χ0v) is 9.23. The molecule has 0 radical (unpaired) electrons. The summed E-state index contributed by atoms with van der Waals surface area (Å²) >= 11 is -0.344. The van der Waals surface area contributed by atoms with Crippen molar-refractivity contribution >= 4 is 17.5 Å². The molecule has 0 saturated heterocycles. The van der Waals surface area contributed by atoms with Crippen LogP contribution >= 0.6 is 11.8 Å². The molecule has 1 rings (SSSR count). The molecule has 0 aliphatic heterocycles. The van der Waals surface area contributed by atoms with E-state index in [1.807, 2.05) is 0 Å². The number of halogens is 6. The van der Waals surface area contributed by atoms with Crippen molar-refractivity contribution in [2.24, 2.45) is 0 Å².